The number of methoxy groups -OCH3 is 1. The van der Waals surface area contributed by atoms with E-state index in [1.165, 1.54) is 0 Å². The Morgan fingerprint density at radius 1 is 1.06 bits per heavy atom. The first-order chi connectivity index (χ1) is 15.2. The maximum Gasteiger partial charge on any atom is 0.173 e. The van der Waals surface area contributed by atoms with Gasteiger partial charge in [-0.3, -0.25) is 14.6 Å². The number of hydrogen-bond donors (Lipinski definition) is 0. The van der Waals surface area contributed by atoms with Crippen molar-refractivity contribution in [3.05, 3.63) is 36.1 Å². The van der Waals surface area contributed by atoms with Crippen LogP contribution in [0.25, 0.3) is 5.57 Å². The molecule has 0 radical (unpaired) electrons. The van der Waals surface area contributed by atoms with Crippen LogP contribution in [0.3, 0.4) is 0 Å². The summed E-state index contributed by atoms with van der Waals surface area (Å²) in [6.45, 7) is 7.25. The van der Waals surface area contributed by atoms with Crippen molar-refractivity contribution >= 4 is 11.4 Å². The number of ketones is 1. The molecule has 7 nitrogen and oxygen atoms in total. The van der Waals surface area contributed by atoms with Gasteiger partial charge in [0, 0.05) is 38.6 Å². The number of ether oxygens (including phenoxy) is 4. The summed E-state index contributed by atoms with van der Waals surface area (Å²) in [5.74, 6) is 1.12. The predicted octanol–water partition coefficient (Wildman–Crippen LogP) is 2.02. The Labute approximate surface area is 183 Å². The van der Waals surface area contributed by atoms with Gasteiger partial charge in [0.15, 0.2) is 5.78 Å². The van der Waals surface area contributed by atoms with Crippen molar-refractivity contribution < 1.29 is 23.7 Å². The number of carbonyl (C=O) groups excluding carboxylic acids is 1. The maximum atomic E-state index is 13.4. The highest BCUT2D eigenvalue weighted by Crippen LogP contribution is 2.42. The van der Waals surface area contributed by atoms with Gasteiger partial charge in [0.1, 0.15) is 11.9 Å². The molecule has 1 saturated carbocycles. The third kappa shape index (κ3) is 4.37. The fourth-order valence-electron chi connectivity index (χ4n) is 5.34. The van der Waals surface area contributed by atoms with Crippen molar-refractivity contribution in [2.45, 2.75) is 25.0 Å². The van der Waals surface area contributed by atoms with E-state index in [9.17, 15) is 4.79 Å². The summed E-state index contributed by atoms with van der Waals surface area (Å²) in [6.07, 6.45) is 3.52. The molecule has 7 heteroatoms. The maximum absolute atomic E-state index is 13.4. The first kappa shape index (κ1) is 20.9. The Balaban J connectivity index is 1.25. The van der Waals surface area contributed by atoms with E-state index in [1.54, 1.807) is 13.4 Å². The highest BCUT2D eigenvalue weighted by Gasteiger charge is 2.49. The van der Waals surface area contributed by atoms with E-state index in [0.717, 1.165) is 70.1 Å². The van der Waals surface area contributed by atoms with Gasteiger partial charge in [0.05, 0.1) is 50.9 Å². The van der Waals surface area contributed by atoms with Gasteiger partial charge in [-0.2, -0.15) is 0 Å². The zero-order valence-electron chi connectivity index (χ0n) is 18.2. The molecule has 3 heterocycles. The molecule has 0 amide bonds. The smallest absolute Gasteiger partial charge is 0.173 e. The summed E-state index contributed by atoms with van der Waals surface area (Å²) in [5.41, 5.74) is 1.56. The highest BCUT2D eigenvalue weighted by atomic mass is 16.5. The van der Waals surface area contributed by atoms with Crippen LogP contribution in [0.2, 0.25) is 0 Å². The van der Waals surface area contributed by atoms with E-state index in [1.807, 2.05) is 24.3 Å². The van der Waals surface area contributed by atoms with Gasteiger partial charge in [-0.1, -0.05) is 12.1 Å². The number of nitrogens with zero attached hydrogens (tertiary/aromatic N) is 2. The van der Waals surface area contributed by atoms with E-state index in [2.05, 4.69) is 9.80 Å². The fourth-order valence-corrected chi connectivity index (χ4v) is 5.34. The van der Waals surface area contributed by atoms with Crippen LogP contribution in [-0.4, -0.2) is 87.6 Å². The second-order valence-electron chi connectivity index (χ2n) is 8.94. The first-order valence-corrected chi connectivity index (χ1v) is 11.4. The quantitative estimate of drug-likeness (QED) is 0.711. The number of rotatable bonds is 5. The first-order valence-electron chi connectivity index (χ1n) is 11.4. The van der Waals surface area contributed by atoms with Gasteiger partial charge in [-0.25, -0.2) is 0 Å². The van der Waals surface area contributed by atoms with Gasteiger partial charge in [-0.05, 0) is 30.5 Å². The summed E-state index contributed by atoms with van der Waals surface area (Å²) in [7, 11) is 1.64. The molecule has 1 aliphatic carbocycles. The predicted molar refractivity (Wildman–Crippen MR) is 116 cm³/mol. The molecular weight excluding hydrogens is 396 g/mol. The molecule has 3 fully saturated rings. The standard InChI is InChI=1S/C24H32N2O5/c1-28-18-4-2-17(3-5-18)21-15-30-24-19(23(21)27)6-7-22-20(24)14-26(16-31-22)9-8-25-10-12-29-13-11-25/h2-5,15,19-20,22,24H,6-14,16H2,1H3. The average Bonchev–Trinajstić information content (AvgIpc) is 2.83. The SMILES string of the molecule is COc1ccc(C2=COC3C(CCC4OCN(CCN5CCOCC5)CC43)C2=O)cc1. The molecule has 4 atom stereocenters. The Kier molecular flexibility index (Phi) is 6.27. The second-order valence-corrected chi connectivity index (χ2v) is 8.94. The van der Waals surface area contributed by atoms with Crippen LogP contribution < -0.4 is 4.74 Å². The lowest BCUT2D eigenvalue weighted by Crippen LogP contribution is -2.57. The monoisotopic (exact) mass is 428 g/mol. The molecule has 4 aliphatic rings. The minimum atomic E-state index is -0.0977. The van der Waals surface area contributed by atoms with Crippen LogP contribution in [0.15, 0.2) is 30.5 Å². The largest absolute Gasteiger partial charge is 0.497 e. The molecule has 5 rings (SSSR count). The van der Waals surface area contributed by atoms with Gasteiger partial charge in [0.25, 0.3) is 0 Å². The summed E-state index contributed by atoms with van der Waals surface area (Å²) >= 11 is 0. The Bertz CT molecular complexity index is 805. The average molecular weight is 429 g/mol. The molecule has 0 bridgehead atoms. The Hall–Kier alpha value is -1.93. The molecule has 31 heavy (non-hydrogen) atoms. The minimum absolute atomic E-state index is 0.0915. The summed E-state index contributed by atoms with van der Waals surface area (Å²) in [6, 6.07) is 7.62. The van der Waals surface area contributed by atoms with Crippen LogP contribution in [0.1, 0.15) is 18.4 Å². The van der Waals surface area contributed by atoms with Crippen molar-refractivity contribution in [1.82, 2.24) is 9.80 Å². The third-order valence-corrected chi connectivity index (χ3v) is 7.18. The van der Waals surface area contributed by atoms with Crippen LogP contribution in [0.4, 0.5) is 0 Å². The van der Waals surface area contributed by atoms with Crippen LogP contribution in [0, 0.1) is 11.8 Å². The molecular formula is C24H32N2O5. The summed E-state index contributed by atoms with van der Waals surface area (Å²) in [5, 5.41) is 0. The number of Topliss-reactive ketones (excluding diaryl/α,β-unsaturated/α-hetero) is 1. The lowest BCUT2D eigenvalue weighted by molar-refractivity contribution is -0.170. The Morgan fingerprint density at radius 3 is 2.61 bits per heavy atom. The van der Waals surface area contributed by atoms with Crippen LogP contribution >= 0.6 is 0 Å². The number of benzene rings is 1. The van der Waals surface area contributed by atoms with Crippen LogP contribution in [0.5, 0.6) is 5.75 Å². The number of carbonyl (C=O) groups is 1. The third-order valence-electron chi connectivity index (χ3n) is 7.18. The van der Waals surface area contributed by atoms with E-state index in [-0.39, 0.29) is 29.8 Å². The molecule has 1 aromatic carbocycles. The highest BCUT2D eigenvalue weighted by molar-refractivity contribution is 6.22. The number of morpholine rings is 1. The zero-order valence-corrected chi connectivity index (χ0v) is 18.2. The molecule has 0 N–H and O–H groups in total. The number of allylic oxidation sites excluding steroid dienone is 1. The van der Waals surface area contributed by atoms with E-state index in [4.69, 9.17) is 18.9 Å². The molecule has 1 aromatic rings. The fraction of sp³-hybridized carbons (Fsp3) is 0.625. The van der Waals surface area contributed by atoms with Crippen molar-refractivity contribution in [3.8, 4) is 5.75 Å². The number of fused-ring (bicyclic) bond motifs is 3. The summed E-state index contributed by atoms with van der Waals surface area (Å²) < 4.78 is 23.1. The molecule has 3 aliphatic heterocycles. The van der Waals surface area contributed by atoms with E-state index < -0.39 is 0 Å². The molecule has 168 valence electrons. The van der Waals surface area contributed by atoms with E-state index >= 15 is 0 Å². The molecule has 2 saturated heterocycles. The summed E-state index contributed by atoms with van der Waals surface area (Å²) in [4.78, 5) is 18.2. The number of hydrogen-bond acceptors (Lipinski definition) is 7. The van der Waals surface area contributed by atoms with Crippen LogP contribution in [-0.2, 0) is 19.0 Å². The van der Waals surface area contributed by atoms with Gasteiger partial charge < -0.3 is 18.9 Å². The van der Waals surface area contributed by atoms with Gasteiger partial charge in [-0.15, -0.1) is 0 Å². The minimum Gasteiger partial charge on any atom is -0.497 e. The normalized spacial score (nSPS) is 31.9. The molecule has 0 aromatic heterocycles. The van der Waals surface area contributed by atoms with Crippen molar-refractivity contribution in [1.29, 1.82) is 0 Å². The zero-order chi connectivity index (χ0) is 21.2. The lowest BCUT2D eigenvalue weighted by atomic mass is 9.71. The van der Waals surface area contributed by atoms with Crippen molar-refractivity contribution in [3.63, 3.8) is 0 Å². The lowest BCUT2D eigenvalue weighted by Gasteiger charge is -2.48. The topological polar surface area (TPSA) is 60.5 Å². The van der Waals surface area contributed by atoms with Gasteiger partial charge in [0.2, 0.25) is 0 Å². The molecule has 4 unspecified atom stereocenters. The van der Waals surface area contributed by atoms with E-state index in [0.29, 0.717) is 12.3 Å². The second kappa shape index (κ2) is 9.28. The molecule has 0 spiro atoms. The Morgan fingerprint density at radius 2 is 1.84 bits per heavy atom. The van der Waals surface area contributed by atoms with Gasteiger partial charge >= 0.3 is 0 Å². The van der Waals surface area contributed by atoms with Crippen molar-refractivity contribution in [2.24, 2.45) is 11.8 Å². The van der Waals surface area contributed by atoms with Crippen molar-refractivity contribution in [2.75, 3.05) is 59.8 Å².